The van der Waals surface area contributed by atoms with E-state index in [1.165, 1.54) is 0 Å². The zero-order valence-corrected chi connectivity index (χ0v) is 11.8. The van der Waals surface area contributed by atoms with E-state index in [9.17, 15) is 9.59 Å². The zero-order chi connectivity index (χ0) is 14.0. The van der Waals surface area contributed by atoms with Gasteiger partial charge in [0, 0.05) is 18.5 Å². The number of carbonyl (C=O) groups is 2. The van der Waals surface area contributed by atoms with E-state index in [2.05, 4.69) is 0 Å². The minimum atomic E-state index is -0.481. The molecule has 2 N–H and O–H groups in total. The Morgan fingerprint density at radius 3 is 2.17 bits per heavy atom. The Hall–Kier alpha value is -1.10. The Kier molecular flexibility index (Phi) is 4.37. The second-order valence-corrected chi connectivity index (χ2v) is 6.16. The first-order valence-electron chi connectivity index (χ1n) is 6.39. The van der Waals surface area contributed by atoms with Gasteiger partial charge in [-0.2, -0.15) is 0 Å². The zero-order valence-electron chi connectivity index (χ0n) is 11.8. The van der Waals surface area contributed by atoms with Crippen LogP contribution in [0, 0.1) is 5.41 Å². The van der Waals surface area contributed by atoms with Crippen LogP contribution in [0.2, 0.25) is 0 Å². The van der Waals surface area contributed by atoms with Crippen molar-refractivity contribution in [3.63, 3.8) is 0 Å². The molecule has 0 aromatic rings. The van der Waals surface area contributed by atoms with E-state index in [4.69, 9.17) is 10.5 Å². The second-order valence-electron chi connectivity index (χ2n) is 6.16. The molecule has 104 valence electrons. The summed E-state index contributed by atoms with van der Waals surface area (Å²) in [7, 11) is 0. The molecule has 0 saturated carbocycles. The lowest BCUT2D eigenvalue weighted by Crippen LogP contribution is -2.48. The summed E-state index contributed by atoms with van der Waals surface area (Å²) in [6, 6.07) is 0. The molecule has 18 heavy (non-hydrogen) atoms. The lowest BCUT2D eigenvalue weighted by Gasteiger charge is -2.38. The van der Waals surface area contributed by atoms with Gasteiger partial charge in [0.2, 0.25) is 0 Å². The van der Waals surface area contributed by atoms with E-state index in [0.29, 0.717) is 25.9 Å². The van der Waals surface area contributed by atoms with Crippen LogP contribution in [0.15, 0.2) is 0 Å². The van der Waals surface area contributed by atoms with Crippen molar-refractivity contribution in [3.8, 4) is 0 Å². The molecule has 5 nitrogen and oxygen atoms in total. The van der Waals surface area contributed by atoms with Crippen molar-refractivity contribution >= 4 is 11.9 Å². The molecule has 0 aliphatic carbocycles. The lowest BCUT2D eigenvalue weighted by atomic mass is 9.77. The van der Waals surface area contributed by atoms with E-state index in [-0.39, 0.29) is 23.8 Å². The number of nitrogens with zero attached hydrogens (tertiary/aromatic N) is 1. The number of hydrogen-bond acceptors (Lipinski definition) is 4. The first kappa shape index (κ1) is 15.0. The topological polar surface area (TPSA) is 72.6 Å². The highest BCUT2D eigenvalue weighted by Gasteiger charge is 2.37. The SMILES string of the molecule is CC(C)(C)OC(=O)N1CCC(C)(C(=O)CN)CC1. The first-order chi connectivity index (χ1) is 8.18. The molecule has 5 heteroatoms. The van der Waals surface area contributed by atoms with Gasteiger partial charge in [-0.1, -0.05) is 6.92 Å². The van der Waals surface area contributed by atoms with Crippen LogP contribution in [0.4, 0.5) is 4.79 Å². The highest BCUT2D eigenvalue weighted by molar-refractivity contribution is 5.86. The Morgan fingerprint density at radius 1 is 1.28 bits per heavy atom. The fourth-order valence-corrected chi connectivity index (χ4v) is 2.03. The predicted molar refractivity (Wildman–Crippen MR) is 69.2 cm³/mol. The summed E-state index contributed by atoms with van der Waals surface area (Å²) in [5.41, 5.74) is 4.55. The van der Waals surface area contributed by atoms with E-state index in [1.54, 1.807) is 4.90 Å². The Bertz CT molecular complexity index is 326. The van der Waals surface area contributed by atoms with Gasteiger partial charge in [-0.15, -0.1) is 0 Å². The third kappa shape index (κ3) is 3.70. The molecular formula is C13H24N2O3. The largest absolute Gasteiger partial charge is 0.444 e. The van der Waals surface area contributed by atoms with Gasteiger partial charge < -0.3 is 15.4 Å². The molecule has 1 aliphatic heterocycles. The monoisotopic (exact) mass is 256 g/mol. The van der Waals surface area contributed by atoms with E-state index in [0.717, 1.165) is 0 Å². The predicted octanol–water partition coefficient (Wildman–Crippen LogP) is 1.55. The maximum Gasteiger partial charge on any atom is 0.410 e. The standard InChI is InChI=1S/C13H24N2O3/c1-12(2,3)18-11(17)15-7-5-13(4,6-8-15)10(16)9-14/h5-9,14H2,1-4H3. The number of ether oxygens (including phenoxy) is 1. The molecular weight excluding hydrogens is 232 g/mol. The van der Waals surface area contributed by atoms with Crippen molar-refractivity contribution in [2.45, 2.75) is 46.1 Å². The van der Waals surface area contributed by atoms with Crippen LogP contribution in [0.5, 0.6) is 0 Å². The Labute approximate surface area is 109 Å². The van der Waals surface area contributed by atoms with Gasteiger partial charge in [0.25, 0.3) is 0 Å². The van der Waals surface area contributed by atoms with Gasteiger partial charge in [-0.3, -0.25) is 4.79 Å². The second kappa shape index (κ2) is 5.26. The number of Topliss-reactive ketones (excluding diaryl/α,β-unsaturated/α-hetero) is 1. The average molecular weight is 256 g/mol. The van der Waals surface area contributed by atoms with E-state index in [1.807, 2.05) is 27.7 Å². The molecule has 1 saturated heterocycles. The smallest absolute Gasteiger partial charge is 0.410 e. The molecule has 1 rings (SSSR count). The fraction of sp³-hybridized carbons (Fsp3) is 0.846. The van der Waals surface area contributed by atoms with Gasteiger partial charge in [0.15, 0.2) is 5.78 Å². The highest BCUT2D eigenvalue weighted by Crippen LogP contribution is 2.32. The molecule has 1 heterocycles. The van der Waals surface area contributed by atoms with Crippen LogP contribution >= 0.6 is 0 Å². The van der Waals surface area contributed by atoms with Crippen molar-refractivity contribution in [2.24, 2.45) is 11.1 Å². The number of likely N-dealkylation sites (tertiary alicyclic amines) is 1. The third-order valence-electron chi connectivity index (χ3n) is 3.38. The maximum atomic E-state index is 11.9. The van der Waals surface area contributed by atoms with Crippen LogP contribution in [0.1, 0.15) is 40.5 Å². The molecule has 0 bridgehead atoms. The molecule has 0 unspecified atom stereocenters. The molecule has 0 radical (unpaired) electrons. The minimum absolute atomic E-state index is 0.0724. The number of carbonyl (C=O) groups excluding carboxylic acids is 2. The molecule has 1 fully saturated rings. The van der Waals surface area contributed by atoms with Gasteiger partial charge >= 0.3 is 6.09 Å². The summed E-state index contributed by atoms with van der Waals surface area (Å²) < 4.78 is 5.31. The van der Waals surface area contributed by atoms with Gasteiger partial charge in [-0.25, -0.2) is 4.79 Å². The van der Waals surface area contributed by atoms with Crippen molar-refractivity contribution in [1.82, 2.24) is 4.90 Å². The number of ketones is 1. The van der Waals surface area contributed by atoms with Crippen molar-refractivity contribution in [1.29, 1.82) is 0 Å². The Balaban J connectivity index is 2.54. The minimum Gasteiger partial charge on any atom is -0.444 e. The molecule has 0 atom stereocenters. The van der Waals surface area contributed by atoms with Gasteiger partial charge in [-0.05, 0) is 33.6 Å². The number of piperidine rings is 1. The van der Waals surface area contributed by atoms with Crippen LogP contribution in [-0.2, 0) is 9.53 Å². The molecule has 0 spiro atoms. The first-order valence-corrected chi connectivity index (χ1v) is 6.39. The molecule has 0 aromatic carbocycles. The lowest BCUT2D eigenvalue weighted by molar-refractivity contribution is -0.129. The van der Waals surface area contributed by atoms with Gasteiger partial charge in [0.1, 0.15) is 5.60 Å². The summed E-state index contributed by atoms with van der Waals surface area (Å²) >= 11 is 0. The quantitative estimate of drug-likeness (QED) is 0.813. The Morgan fingerprint density at radius 2 is 1.78 bits per heavy atom. The molecule has 0 aromatic heterocycles. The van der Waals surface area contributed by atoms with E-state index >= 15 is 0 Å². The van der Waals surface area contributed by atoms with Crippen LogP contribution < -0.4 is 5.73 Å². The number of nitrogens with two attached hydrogens (primary N) is 1. The normalized spacial score (nSPS) is 19.5. The summed E-state index contributed by atoms with van der Waals surface area (Å²) in [5.74, 6) is 0.0753. The maximum absolute atomic E-state index is 11.9. The molecule has 1 amide bonds. The summed E-state index contributed by atoms with van der Waals surface area (Å²) in [6.07, 6.45) is 1.01. The number of amides is 1. The van der Waals surface area contributed by atoms with E-state index < -0.39 is 5.60 Å². The fourth-order valence-electron chi connectivity index (χ4n) is 2.03. The average Bonchev–Trinajstić information content (AvgIpc) is 2.26. The number of hydrogen-bond donors (Lipinski definition) is 1. The van der Waals surface area contributed by atoms with Crippen molar-refractivity contribution in [3.05, 3.63) is 0 Å². The van der Waals surface area contributed by atoms with Crippen LogP contribution in [0.25, 0.3) is 0 Å². The van der Waals surface area contributed by atoms with Crippen molar-refractivity contribution in [2.75, 3.05) is 19.6 Å². The van der Waals surface area contributed by atoms with Crippen LogP contribution in [-0.4, -0.2) is 42.0 Å². The summed E-state index contributed by atoms with van der Waals surface area (Å²) in [5, 5.41) is 0. The molecule has 1 aliphatic rings. The summed E-state index contributed by atoms with van der Waals surface area (Å²) in [6.45, 7) is 8.64. The van der Waals surface area contributed by atoms with Crippen LogP contribution in [0.3, 0.4) is 0 Å². The number of rotatable bonds is 2. The third-order valence-corrected chi connectivity index (χ3v) is 3.38. The summed E-state index contributed by atoms with van der Waals surface area (Å²) in [4.78, 5) is 25.3. The van der Waals surface area contributed by atoms with Gasteiger partial charge in [0.05, 0.1) is 6.54 Å². The van der Waals surface area contributed by atoms with Crippen molar-refractivity contribution < 1.29 is 14.3 Å². The highest BCUT2D eigenvalue weighted by atomic mass is 16.6.